The largest absolute Gasteiger partial charge is 0.309 e. The maximum Gasteiger partial charge on any atom is 0.0980 e. The molecule has 11 aromatic rings. The van der Waals surface area contributed by atoms with Gasteiger partial charge < -0.3 is 4.57 Å². The molecule has 0 radical (unpaired) electrons. The first-order valence-corrected chi connectivity index (χ1v) is 19.0. The van der Waals surface area contributed by atoms with Gasteiger partial charge in [0.25, 0.3) is 0 Å². The third kappa shape index (κ3) is 5.11. The quantitative estimate of drug-likeness (QED) is 0.167. The van der Waals surface area contributed by atoms with Crippen molar-refractivity contribution in [3.63, 3.8) is 0 Å². The summed E-state index contributed by atoms with van der Waals surface area (Å²) in [6, 6.07) is 66.3. The monoisotopic (exact) mass is 714 g/mol. The van der Waals surface area contributed by atoms with E-state index in [0.29, 0.717) is 0 Å². The van der Waals surface area contributed by atoms with Crippen LogP contribution in [-0.4, -0.2) is 19.5 Å². The van der Waals surface area contributed by atoms with Crippen molar-refractivity contribution >= 4 is 54.5 Å². The third-order valence-electron chi connectivity index (χ3n) is 11.1. The van der Waals surface area contributed by atoms with Crippen LogP contribution in [0.15, 0.2) is 188 Å². The zero-order valence-corrected chi connectivity index (χ0v) is 30.7. The molecular weight excluding hydrogens is 681 g/mol. The highest BCUT2D eigenvalue weighted by Gasteiger charge is 2.21. The number of pyridine rings is 1. The van der Waals surface area contributed by atoms with Gasteiger partial charge in [0.15, 0.2) is 0 Å². The molecule has 0 aliphatic heterocycles. The van der Waals surface area contributed by atoms with Crippen LogP contribution in [0.25, 0.3) is 105 Å². The van der Waals surface area contributed by atoms with Crippen molar-refractivity contribution < 1.29 is 0 Å². The SMILES string of the molecule is Cc1cc2nc(-c3ccccc3)c(-c3ccccc3)nc2c2c1c(-c1cccc(-c3ccc(-n4c5ccccc5c5ccccc54)cc3)c1)nc1ccccc12. The van der Waals surface area contributed by atoms with E-state index in [-0.39, 0.29) is 0 Å². The van der Waals surface area contributed by atoms with Crippen LogP contribution in [0.4, 0.5) is 0 Å². The smallest absolute Gasteiger partial charge is 0.0980 e. The van der Waals surface area contributed by atoms with Crippen LogP contribution >= 0.6 is 0 Å². The molecule has 0 fully saturated rings. The lowest BCUT2D eigenvalue weighted by Gasteiger charge is -2.17. The Hall–Kier alpha value is -7.43. The summed E-state index contributed by atoms with van der Waals surface area (Å²) in [6.45, 7) is 2.17. The summed E-state index contributed by atoms with van der Waals surface area (Å²) in [5, 5.41) is 5.76. The number of aromatic nitrogens is 4. The molecule has 56 heavy (non-hydrogen) atoms. The van der Waals surface area contributed by atoms with E-state index in [1.807, 2.05) is 12.1 Å². The van der Waals surface area contributed by atoms with E-state index in [1.165, 1.54) is 21.8 Å². The highest BCUT2D eigenvalue weighted by molar-refractivity contribution is 6.22. The first-order valence-electron chi connectivity index (χ1n) is 19.0. The van der Waals surface area contributed by atoms with Gasteiger partial charge in [-0.25, -0.2) is 15.0 Å². The van der Waals surface area contributed by atoms with Crippen molar-refractivity contribution in [2.24, 2.45) is 0 Å². The number of fused-ring (bicyclic) bond motifs is 8. The lowest BCUT2D eigenvalue weighted by molar-refractivity contribution is 1.18. The summed E-state index contributed by atoms with van der Waals surface area (Å²) in [4.78, 5) is 16.3. The molecule has 0 saturated heterocycles. The van der Waals surface area contributed by atoms with E-state index < -0.39 is 0 Å². The number of para-hydroxylation sites is 3. The van der Waals surface area contributed by atoms with Gasteiger partial charge in [0.1, 0.15) is 0 Å². The van der Waals surface area contributed by atoms with Gasteiger partial charge in [0, 0.05) is 49.3 Å². The molecule has 3 aromatic heterocycles. The average molecular weight is 715 g/mol. The summed E-state index contributed by atoms with van der Waals surface area (Å²) in [6.07, 6.45) is 0. The Labute approximate surface area is 324 Å². The van der Waals surface area contributed by atoms with Crippen LogP contribution < -0.4 is 0 Å². The van der Waals surface area contributed by atoms with E-state index >= 15 is 0 Å². The second-order valence-corrected chi connectivity index (χ2v) is 14.4. The normalized spacial score (nSPS) is 11.7. The Morgan fingerprint density at radius 1 is 0.357 bits per heavy atom. The molecule has 262 valence electrons. The Kier molecular flexibility index (Phi) is 7.36. The minimum Gasteiger partial charge on any atom is -0.309 e. The van der Waals surface area contributed by atoms with Crippen molar-refractivity contribution in [2.75, 3.05) is 0 Å². The van der Waals surface area contributed by atoms with E-state index in [1.54, 1.807) is 0 Å². The molecule has 4 heteroatoms. The van der Waals surface area contributed by atoms with Crippen LogP contribution in [0, 0.1) is 6.92 Å². The van der Waals surface area contributed by atoms with Gasteiger partial charge in [0.05, 0.1) is 44.7 Å². The molecule has 0 aliphatic carbocycles. The zero-order chi connectivity index (χ0) is 37.2. The Bertz CT molecular complexity index is 3240. The van der Waals surface area contributed by atoms with Crippen LogP contribution in [0.5, 0.6) is 0 Å². The zero-order valence-electron chi connectivity index (χ0n) is 30.7. The molecule has 0 bridgehead atoms. The molecule has 0 spiro atoms. The molecule has 8 aromatic carbocycles. The summed E-state index contributed by atoms with van der Waals surface area (Å²) < 4.78 is 2.36. The van der Waals surface area contributed by atoms with Crippen LogP contribution in [-0.2, 0) is 0 Å². The predicted molar refractivity (Wildman–Crippen MR) is 233 cm³/mol. The van der Waals surface area contributed by atoms with Crippen molar-refractivity contribution in [1.82, 2.24) is 19.5 Å². The fourth-order valence-electron chi connectivity index (χ4n) is 8.51. The molecule has 3 heterocycles. The minimum atomic E-state index is 0.864. The maximum absolute atomic E-state index is 5.52. The Morgan fingerprint density at radius 3 is 1.57 bits per heavy atom. The summed E-state index contributed by atoms with van der Waals surface area (Å²) in [5.74, 6) is 0. The summed E-state index contributed by atoms with van der Waals surface area (Å²) >= 11 is 0. The van der Waals surface area contributed by atoms with Gasteiger partial charge in [-0.3, -0.25) is 0 Å². The maximum atomic E-state index is 5.52. The lowest BCUT2D eigenvalue weighted by atomic mass is 9.93. The van der Waals surface area contributed by atoms with Crippen molar-refractivity contribution in [3.8, 4) is 50.6 Å². The number of nitrogens with zero attached hydrogens (tertiary/aromatic N) is 4. The highest BCUT2D eigenvalue weighted by atomic mass is 15.0. The summed E-state index contributed by atoms with van der Waals surface area (Å²) in [7, 11) is 0. The minimum absolute atomic E-state index is 0.864. The van der Waals surface area contributed by atoms with Gasteiger partial charge in [-0.05, 0) is 66.1 Å². The second-order valence-electron chi connectivity index (χ2n) is 14.4. The fourth-order valence-corrected chi connectivity index (χ4v) is 8.51. The standard InChI is InChI=1S/C52H34N4/c1-33-31-44-52(55-51(36-17-6-3-7-18-36)50(54-44)35-15-4-2-5-16-35)48-42-23-8-11-24-43(42)53-49(47(33)48)38-20-14-19-37(32-38)34-27-29-39(30-28-34)56-45-25-12-9-21-40(45)41-22-10-13-26-46(41)56/h2-32H,1H3. The van der Waals surface area contributed by atoms with E-state index in [0.717, 1.165) is 88.9 Å². The van der Waals surface area contributed by atoms with Crippen molar-refractivity contribution in [1.29, 1.82) is 0 Å². The first-order chi connectivity index (χ1) is 27.7. The predicted octanol–water partition coefficient (Wildman–Crippen LogP) is 13.4. The molecule has 0 amide bonds. The Morgan fingerprint density at radius 2 is 0.893 bits per heavy atom. The van der Waals surface area contributed by atoms with Gasteiger partial charge in [-0.15, -0.1) is 0 Å². The molecule has 11 rings (SSSR count). The van der Waals surface area contributed by atoms with Crippen LogP contribution in [0.2, 0.25) is 0 Å². The first kappa shape index (κ1) is 32.0. The van der Waals surface area contributed by atoms with Crippen molar-refractivity contribution in [2.45, 2.75) is 6.92 Å². The Balaban J connectivity index is 1.09. The van der Waals surface area contributed by atoms with E-state index in [4.69, 9.17) is 15.0 Å². The van der Waals surface area contributed by atoms with Gasteiger partial charge in [-0.2, -0.15) is 0 Å². The topological polar surface area (TPSA) is 43.6 Å². The number of hydrogen-bond donors (Lipinski definition) is 0. The molecule has 0 aliphatic rings. The summed E-state index contributed by atoms with van der Waals surface area (Å²) in [5.41, 5.74) is 15.4. The van der Waals surface area contributed by atoms with Gasteiger partial charge in [0.2, 0.25) is 0 Å². The molecule has 4 nitrogen and oxygen atoms in total. The highest BCUT2D eigenvalue weighted by Crippen LogP contribution is 2.41. The number of aryl methyl sites for hydroxylation is 1. The molecule has 0 N–H and O–H groups in total. The van der Waals surface area contributed by atoms with Crippen LogP contribution in [0.1, 0.15) is 5.56 Å². The molecular formula is C52H34N4. The third-order valence-corrected chi connectivity index (χ3v) is 11.1. The van der Waals surface area contributed by atoms with E-state index in [9.17, 15) is 0 Å². The van der Waals surface area contributed by atoms with Gasteiger partial charge in [-0.1, -0.05) is 146 Å². The fraction of sp³-hybridized carbons (Fsp3) is 0.0192. The molecule has 0 atom stereocenters. The average Bonchev–Trinajstić information content (AvgIpc) is 3.61. The number of benzene rings is 8. The molecule has 0 unspecified atom stereocenters. The van der Waals surface area contributed by atoms with Crippen LogP contribution in [0.3, 0.4) is 0 Å². The van der Waals surface area contributed by atoms with Crippen molar-refractivity contribution in [3.05, 3.63) is 194 Å². The second kappa shape index (κ2) is 12.9. The van der Waals surface area contributed by atoms with E-state index in [2.05, 4.69) is 187 Å². The van der Waals surface area contributed by atoms with Gasteiger partial charge >= 0.3 is 0 Å². The number of hydrogen-bond acceptors (Lipinski definition) is 3. The lowest BCUT2D eigenvalue weighted by Crippen LogP contribution is -1.99. The molecule has 0 saturated carbocycles. The number of rotatable bonds is 5.